The van der Waals surface area contributed by atoms with Crippen LogP contribution in [0.1, 0.15) is 85.0 Å². The van der Waals surface area contributed by atoms with E-state index < -0.39 is 37.3 Å². The van der Waals surface area contributed by atoms with Gasteiger partial charge in [0.25, 0.3) is 0 Å². The molecule has 0 bridgehead atoms. The highest BCUT2D eigenvalue weighted by Gasteiger charge is 2.59. The third-order valence-corrected chi connectivity index (χ3v) is 12.0. The van der Waals surface area contributed by atoms with Gasteiger partial charge in [0, 0.05) is 6.42 Å². The third kappa shape index (κ3) is 5.12. The molecule has 0 amide bonds. The van der Waals surface area contributed by atoms with Crippen molar-refractivity contribution >= 4 is 5.97 Å². The molecule has 13 unspecified atom stereocenters. The minimum atomic E-state index is -1.42. The Kier molecular flexibility index (Phi) is 8.56. The van der Waals surface area contributed by atoms with E-state index in [9.17, 15) is 25.2 Å². The first kappa shape index (κ1) is 29.5. The van der Waals surface area contributed by atoms with E-state index in [-0.39, 0.29) is 17.5 Å². The second-order valence-electron chi connectivity index (χ2n) is 13.8. The minimum absolute atomic E-state index is 0.103. The molecule has 0 spiro atoms. The van der Waals surface area contributed by atoms with Crippen molar-refractivity contribution < 1.29 is 39.4 Å². The average molecular weight is 551 g/mol. The van der Waals surface area contributed by atoms with Crippen LogP contribution in [0.5, 0.6) is 0 Å². The topological polar surface area (TPSA) is 126 Å². The van der Waals surface area contributed by atoms with E-state index in [4.69, 9.17) is 14.2 Å². The maximum absolute atomic E-state index is 11.8. The number of rotatable bonds is 7. The number of carbonyl (C=O) groups excluding carboxylic acids is 1. The molecular weight excluding hydrogens is 500 g/mol. The monoisotopic (exact) mass is 550 g/mol. The molecule has 39 heavy (non-hydrogen) atoms. The van der Waals surface area contributed by atoms with E-state index in [1.807, 2.05) is 0 Å². The summed E-state index contributed by atoms with van der Waals surface area (Å²) in [4.78, 5) is 11.8. The number of hydrogen-bond donors (Lipinski definition) is 4. The second-order valence-corrected chi connectivity index (χ2v) is 13.8. The Morgan fingerprint density at radius 1 is 1.08 bits per heavy atom. The molecule has 0 aromatic carbocycles. The number of ether oxygens (including phenoxy) is 3. The van der Waals surface area contributed by atoms with Gasteiger partial charge in [-0.3, -0.25) is 4.79 Å². The van der Waals surface area contributed by atoms with Gasteiger partial charge >= 0.3 is 5.97 Å². The highest BCUT2D eigenvalue weighted by molar-refractivity contribution is 5.69. The first-order valence-corrected chi connectivity index (χ1v) is 15.3. The highest BCUT2D eigenvalue weighted by atomic mass is 16.7. The van der Waals surface area contributed by atoms with Gasteiger partial charge in [-0.1, -0.05) is 32.4 Å². The summed E-state index contributed by atoms with van der Waals surface area (Å²) in [7, 11) is 1.47. The Labute approximate surface area is 233 Å². The first-order valence-electron chi connectivity index (χ1n) is 15.3. The standard InChI is InChI=1S/C31H50O8/c1-17(5-10-25(33)37-4)21-8-9-22-20-7-6-18-15-19(11-13-30(18,2)23(20)12-14-31(21,22)3)38-29-28(36)27(35)26(34)24(16-32)39-29/h6,17,19-24,26-29,32,34-36H,5,7-16H2,1-4H3. The summed E-state index contributed by atoms with van der Waals surface area (Å²) in [5, 5.41) is 40.2. The van der Waals surface area contributed by atoms with Crippen LogP contribution in [0.3, 0.4) is 0 Å². The minimum Gasteiger partial charge on any atom is -0.469 e. The maximum atomic E-state index is 11.8. The van der Waals surface area contributed by atoms with Gasteiger partial charge in [-0.2, -0.15) is 0 Å². The lowest BCUT2D eigenvalue weighted by molar-refractivity contribution is -0.313. The highest BCUT2D eigenvalue weighted by Crippen LogP contribution is 2.67. The largest absolute Gasteiger partial charge is 0.469 e. The zero-order chi connectivity index (χ0) is 28.1. The Morgan fingerprint density at radius 3 is 2.56 bits per heavy atom. The van der Waals surface area contributed by atoms with Crippen molar-refractivity contribution in [3.05, 3.63) is 11.6 Å². The number of aliphatic hydroxyl groups is 4. The summed E-state index contributed by atoms with van der Waals surface area (Å²) >= 11 is 0. The van der Waals surface area contributed by atoms with Crippen molar-refractivity contribution in [2.75, 3.05) is 13.7 Å². The van der Waals surface area contributed by atoms with Crippen LogP contribution in [-0.4, -0.2) is 76.9 Å². The molecule has 0 aromatic rings. The molecule has 13 atom stereocenters. The number of carbonyl (C=O) groups is 1. The van der Waals surface area contributed by atoms with Crippen molar-refractivity contribution in [1.82, 2.24) is 0 Å². The molecule has 4 aliphatic carbocycles. The van der Waals surface area contributed by atoms with Gasteiger partial charge in [-0.25, -0.2) is 0 Å². The smallest absolute Gasteiger partial charge is 0.305 e. The summed E-state index contributed by atoms with van der Waals surface area (Å²) < 4.78 is 16.7. The van der Waals surface area contributed by atoms with Crippen molar-refractivity contribution in [2.45, 2.75) is 122 Å². The summed E-state index contributed by atoms with van der Waals surface area (Å²) in [6, 6.07) is 0. The van der Waals surface area contributed by atoms with E-state index in [2.05, 4.69) is 26.8 Å². The predicted molar refractivity (Wildman–Crippen MR) is 144 cm³/mol. The number of esters is 1. The van der Waals surface area contributed by atoms with Gasteiger partial charge in [0.1, 0.15) is 24.4 Å². The molecular formula is C31H50O8. The van der Waals surface area contributed by atoms with E-state index >= 15 is 0 Å². The van der Waals surface area contributed by atoms with Crippen molar-refractivity contribution in [2.24, 2.45) is 40.4 Å². The fraction of sp³-hybridized carbons (Fsp3) is 0.903. The molecule has 4 N–H and O–H groups in total. The fourth-order valence-corrected chi connectivity index (χ4v) is 9.74. The zero-order valence-electron chi connectivity index (χ0n) is 24.1. The molecule has 1 saturated heterocycles. The van der Waals surface area contributed by atoms with Crippen LogP contribution in [0.4, 0.5) is 0 Å². The Bertz CT molecular complexity index is 920. The summed E-state index contributed by atoms with van der Waals surface area (Å²) in [6.07, 6.45) is 6.37. The molecule has 4 fully saturated rings. The Hall–Kier alpha value is -1.03. The molecule has 1 heterocycles. The van der Waals surface area contributed by atoms with Crippen molar-refractivity contribution in [3.8, 4) is 0 Å². The van der Waals surface area contributed by atoms with Crippen LogP contribution in [0.25, 0.3) is 0 Å². The molecule has 8 heteroatoms. The van der Waals surface area contributed by atoms with Gasteiger partial charge in [-0.15, -0.1) is 0 Å². The van der Waals surface area contributed by atoms with Crippen LogP contribution < -0.4 is 0 Å². The van der Waals surface area contributed by atoms with Gasteiger partial charge in [0.2, 0.25) is 0 Å². The molecule has 8 nitrogen and oxygen atoms in total. The SMILES string of the molecule is COC(=O)CCC(C)C1CCC2C3CC=C4CC(OC5OC(CO)C(O)C(O)C5O)CCC4(C)C3CCC12C. The average Bonchev–Trinajstić information content (AvgIpc) is 3.29. The van der Waals surface area contributed by atoms with Gasteiger partial charge < -0.3 is 34.6 Å². The lowest BCUT2D eigenvalue weighted by Gasteiger charge is -2.58. The van der Waals surface area contributed by atoms with Crippen LogP contribution in [0.2, 0.25) is 0 Å². The van der Waals surface area contributed by atoms with Crippen LogP contribution in [0.15, 0.2) is 11.6 Å². The van der Waals surface area contributed by atoms with E-state index in [1.165, 1.54) is 38.4 Å². The fourth-order valence-electron chi connectivity index (χ4n) is 9.74. The maximum Gasteiger partial charge on any atom is 0.305 e. The van der Waals surface area contributed by atoms with Gasteiger partial charge in [-0.05, 0) is 98.2 Å². The lowest BCUT2D eigenvalue weighted by Crippen LogP contribution is -2.60. The molecule has 0 aromatic heterocycles. The Balaban J connectivity index is 1.25. The number of fused-ring (bicyclic) bond motifs is 5. The molecule has 3 saturated carbocycles. The number of hydrogen-bond acceptors (Lipinski definition) is 8. The zero-order valence-corrected chi connectivity index (χ0v) is 24.1. The number of methoxy groups -OCH3 is 1. The molecule has 222 valence electrons. The van der Waals surface area contributed by atoms with E-state index in [0.717, 1.165) is 38.0 Å². The Morgan fingerprint density at radius 2 is 1.85 bits per heavy atom. The van der Waals surface area contributed by atoms with Crippen LogP contribution in [0, 0.1) is 40.4 Å². The molecule has 5 rings (SSSR count). The van der Waals surface area contributed by atoms with Gasteiger partial charge in [0.05, 0.1) is 19.8 Å². The second kappa shape index (κ2) is 11.3. The lowest BCUT2D eigenvalue weighted by atomic mass is 9.47. The molecule has 5 aliphatic rings. The first-order chi connectivity index (χ1) is 18.5. The number of aliphatic hydroxyl groups excluding tert-OH is 4. The summed E-state index contributed by atoms with van der Waals surface area (Å²) in [6.45, 7) is 6.87. The number of allylic oxidation sites excluding steroid dienone is 1. The molecule has 1 aliphatic heterocycles. The molecule has 0 radical (unpaired) electrons. The van der Waals surface area contributed by atoms with Crippen molar-refractivity contribution in [3.63, 3.8) is 0 Å². The van der Waals surface area contributed by atoms with Crippen molar-refractivity contribution in [1.29, 1.82) is 0 Å². The summed E-state index contributed by atoms with van der Waals surface area (Å²) in [5.41, 5.74) is 1.93. The third-order valence-electron chi connectivity index (χ3n) is 12.0. The van der Waals surface area contributed by atoms with E-state index in [0.29, 0.717) is 35.5 Å². The normalized spacial score (nSPS) is 48.4. The summed E-state index contributed by atoms with van der Waals surface area (Å²) in [5.74, 6) is 3.16. The quantitative estimate of drug-likeness (QED) is 0.281. The predicted octanol–water partition coefficient (Wildman–Crippen LogP) is 3.34. The van der Waals surface area contributed by atoms with Gasteiger partial charge in [0.15, 0.2) is 6.29 Å². The van der Waals surface area contributed by atoms with Crippen LogP contribution in [-0.2, 0) is 19.0 Å². The van der Waals surface area contributed by atoms with Crippen LogP contribution >= 0.6 is 0 Å². The van der Waals surface area contributed by atoms with E-state index in [1.54, 1.807) is 0 Å².